The van der Waals surface area contributed by atoms with Crippen LogP contribution in [-0.2, 0) is 5.75 Å². The van der Waals surface area contributed by atoms with E-state index < -0.39 is 5.97 Å². The average Bonchev–Trinajstić information content (AvgIpc) is 3.03. The third-order valence-corrected chi connectivity index (χ3v) is 5.88. The van der Waals surface area contributed by atoms with Crippen molar-refractivity contribution < 1.29 is 14.3 Å². The van der Waals surface area contributed by atoms with E-state index in [4.69, 9.17) is 0 Å². The number of carbonyl (C=O) groups is 1. The van der Waals surface area contributed by atoms with Crippen LogP contribution in [-0.4, -0.2) is 16.1 Å². The predicted molar refractivity (Wildman–Crippen MR) is 80.4 cm³/mol. The van der Waals surface area contributed by atoms with Crippen LogP contribution in [0.4, 0.5) is 4.39 Å². The van der Waals surface area contributed by atoms with E-state index in [0.29, 0.717) is 21.4 Å². The monoisotopic (exact) mass is 325 g/mol. The molecule has 3 nitrogen and oxygen atoms in total. The van der Waals surface area contributed by atoms with Gasteiger partial charge in [-0.3, -0.25) is 0 Å². The third-order valence-electron chi connectivity index (χ3n) is 2.71. The smallest absolute Gasteiger partial charge is 0.346 e. The van der Waals surface area contributed by atoms with Gasteiger partial charge in [0.2, 0.25) is 0 Å². The van der Waals surface area contributed by atoms with E-state index in [1.165, 1.54) is 29.2 Å². The number of hydrogen-bond acceptors (Lipinski definition) is 5. The fourth-order valence-corrected chi connectivity index (χ4v) is 4.73. The van der Waals surface area contributed by atoms with Crippen LogP contribution < -0.4 is 0 Å². The summed E-state index contributed by atoms with van der Waals surface area (Å²) in [7, 11) is 0. The summed E-state index contributed by atoms with van der Waals surface area (Å²) in [4.78, 5) is 15.7. The van der Waals surface area contributed by atoms with Gasteiger partial charge in [-0.15, -0.1) is 22.7 Å². The zero-order valence-electron chi connectivity index (χ0n) is 10.00. The molecule has 0 aliphatic rings. The molecule has 0 aliphatic carbocycles. The highest BCUT2D eigenvalue weighted by Crippen LogP contribution is 2.37. The molecule has 0 amide bonds. The first-order valence-electron chi connectivity index (χ1n) is 5.62. The molecular formula is C13H8FNO2S3. The molecule has 20 heavy (non-hydrogen) atoms. The molecular weight excluding hydrogens is 317 g/mol. The number of fused-ring (bicyclic) bond motifs is 1. The van der Waals surface area contributed by atoms with Crippen LogP contribution in [0.15, 0.2) is 34.1 Å². The topological polar surface area (TPSA) is 50.2 Å². The number of carboxylic acid groups (broad SMARTS) is 1. The van der Waals surface area contributed by atoms with Gasteiger partial charge in [0.25, 0.3) is 0 Å². The molecule has 1 N–H and O–H groups in total. The largest absolute Gasteiger partial charge is 0.477 e. The third kappa shape index (κ3) is 2.44. The minimum absolute atomic E-state index is 0.203. The number of nitrogens with zero attached hydrogens (tertiary/aromatic N) is 1. The van der Waals surface area contributed by atoms with E-state index >= 15 is 0 Å². The maximum atomic E-state index is 14.0. The Morgan fingerprint density at radius 2 is 2.30 bits per heavy atom. The van der Waals surface area contributed by atoms with Gasteiger partial charge in [-0.1, -0.05) is 17.8 Å². The summed E-state index contributed by atoms with van der Waals surface area (Å²) in [5.74, 6) is -0.989. The molecule has 102 valence electrons. The molecule has 0 fully saturated rings. The van der Waals surface area contributed by atoms with Crippen molar-refractivity contribution in [3.8, 4) is 0 Å². The van der Waals surface area contributed by atoms with Crippen molar-refractivity contribution in [2.45, 2.75) is 10.1 Å². The number of aromatic carboxylic acids is 1. The standard InChI is InChI=1S/C13H8FNO2S3/c14-8-2-1-3-9-10(8)7(11(20-9)12(16)17)6-19-13-15-4-5-18-13/h1-5H,6H2,(H,16,17). The molecule has 0 bridgehead atoms. The second kappa shape index (κ2) is 5.51. The molecule has 0 unspecified atom stereocenters. The van der Waals surface area contributed by atoms with Crippen LogP contribution in [0, 0.1) is 5.82 Å². The minimum Gasteiger partial charge on any atom is -0.477 e. The molecule has 7 heteroatoms. The van der Waals surface area contributed by atoms with Crippen LogP contribution >= 0.6 is 34.4 Å². The number of thiophene rings is 1. The fraction of sp³-hybridized carbons (Fsp3) is 0.0769. The van der Waals surface area contributed by atoms with Crippen LogP contribution in [0.2, 0.25) is 0 Å². The number of halogens is 1. The Morgan fingerprint density at radius 3 is 3.00 bits per heavy atom. The Labute approximate surface area is 126 Å². The normalized spacial score (nSPS) is 11.1. The van der Waals surface area contributed by atoms with Crippen LogP contribution in [0.25, 0.3) is 10.1 Å². The summed E-state index contributed by atoms with van der Waals surface area (Å²) in [6.07, 6.45) is 1.69. The Morgan fingerprint density at radius 1 is 1.45 bits per heavy atom. The number of benzene rings is 1. The summed E-state index contributed by atoms with van der Waals surface area (Å²) in [6.45, 7) is 0. The van der Waals surface area contributed by atoms with E-state index in [-0.39, 0.29) is 10.7 Å². The van der Waals surface area contributed by atoms with E-state index in [0.717, 1.165) is 15.7 Å². The Bertz CT molecular complexity index is 767. The lowest BCUT2D eigenvalue weighted by Crippen LogP contribution is -1.97. The molecule has 2 aromatic heterocycles. The van der Waals surface area contributed by atoms with Gasteiger partial charge in [-0.25, -0.2) is 14.2 Å². The lowest BCUT2D eigenvalue weighted by Gasteiger charge is -2.01. The lowest BCUT2D eigenvalue weighted by atomic mass is 10.1. The van der Waals surface area contributed by atoms with Gasteiger partial charge in [-0.05, 0) is 17.7 Å². The first-order valence-corrected chi connectivity index (χ1v) is 8.30. The van der Waals surface area contributed by atoms with Gasteiger partial charge >= 0.3 is 5.97 Å². The van der Waals surface area contributed by atoms with E-state index in [2.05, 4.69) is 4.98 Å². The molecule has 3 rings (SSSR count). The van der Waals surface area contributed by atoms with Crippen molar-refractivity contribution in [2.75, 3.05) is 0 Å². The molecule has 0 saturated carbocycles. The maximum absolute atomic E-state index is 14.0. The Balaban J connectivity index is 2.06. The second-order valence-corrected chi connectivity index (χ2v) is 7.08. The number of carboxylic acids is 1. The molecule has 3 aromatic rings. The quantitative estimate of drug-likeness (QED) is 0.718. The zero-order chi connectivity index (χ0) is 14.1. The lowest BCUT2D eigenvalue weighted by molar-refractivity contribution is 0.0701. The van der Waals surface area contributed by atoms with Crippen molar-refractivity contribution in [1.29, 1.82) is 0 Å². The van der Waals surface area contributed by atoms with Gasteiger partial charge in [0, 0.05) is 27.4 Å². The van der Waals surface area contributed by atoms with Crippen molar-refractivity contribution >= 4 is 50.5 Å². The molecule has 0 saturated heterocycles. The van der Waals surface area contributed by atoms with Crippen molar-refractivity contribution in [3.05, 3.63) is 46.0 Å². The molecule has 1 aromatic carbocycles. The van der Waals surface area contributed by atoms with Crippen LogP contribution in [0.1, 0.15) is 15.2 Å². The SMILES string of the molecule is O=C(O)c1sc2cccc(F)c2c1CSc1nccs1. The molecule has 2 heterocycles. The summed E-state index contributed by atoms with van der Waals surface area (Å²) < 4.78 is 15.5. The van der Waals surface area contributed by atoms with Gasteiger partial charge in [0.15, 0.2) is 0 Å². The average molecular weight is 325 g/mol. The van der Waals surface area contributed by atoms with E-state index in [1.54, 1.807) is 18.3 Å². The first kappa shape index (κ1) is 13.5. The summed E-state index contributed by atoms with van der Waals surface area (Å²) in [5.41, 5.74) is 0.538. The van der Waals surface area contributed by atoms with Gasteiger partial charge in [0.05, 0.1) is 0 Å². The summed E-state index contributed by atoms with van der Waals surface area (Å²) in [6, 6.07) is 4.70. The van der Waals surface area contributed by atoms with Crippen molar-refractivity contribution in [3.63, 3.8) is 0 Å². The molecule has 0 aliphatic heterocycles. The molecule has 0 spiro atoms. The summed E-state index contributed by atoms with van der Waals surface area (Å²) >= 11 is 4.02. The maximum Gasteiger partial charge on any atom is 0.346 e. The number of thiazole rings is 1. The highest BCUT2D eigenvalue weighted by molar-refractivity contribution is 8.00. The molecule has 0 atom stereocenters. The summed E-state index contributed by atoms with van der Waals surface area (Å²) in [5, 5.41) is 11.6. The van der Waals surface area contributed by atoms with Gasteiger partial charge in [-0.2, -0.15) is 0 Å². The second-order valence-electron chi connectivity index (χ2n) is 3.91. The number of rotatable bonds is 4. The van der Waals surface area contributed by atoms with Crippen molar-refractivity contribution in [2.24, 2.45) is 0 Å². The number of thioether (sulfide) groups is 1. The predicted octanol–water partition coefficient (Wildman–Crippen LogP) is 4.49. The molecule has 0 radical (unpaired) electrons. The first-order chi connectivity index (χ1) is 9.66. The van der Waals surface area contributed by atoms with E-state index in [9.17, 15) is 14.3 Å². The Hall–Kier alpha value is -1.44. The van der Waals surface area contributed by atoms with Crippen molar-refractivity contribution in [1.82, 2.24) is 4.98 Å². The van der Waals surface area contributed by atoms with Crippen LogP contribution in [0.5, 0.6) is 0 Å². The highest BCUT2D eigenvalue weighted by atomic mass is 32.2. The fourth-order valence-electron chi connectivity index (χ4n) is 1.89. The van der Waals surface area contributed by atoms with E-state index in [1.807, 2.05) is 5.38 Å². The zero-order valence-corrected chi connectivity index (χ0v) is 12.4. The number of aromatic nitrogens is 1. The number of hydrogen-bond donors (Lipinski definition) is 1. The Kier molecular flexibility index (Phi) is 3.73. The van der Waals surface area contributed by atoms with Gasteiger partial charge in [0.1, 0.15) is 15.0 Å². The highest BCUT2D eigenvalue weighted by Gasteiger charge is 2.20. The van der Waals surface area contributed by atoms with Crippen LogP contribution in [0.3, 0.4) is 0 Å². The van der Waals surface area contributed by atoms with Gasteiger partial charge < -0.3 is 5.11 Å². The minimum atomic E-state index is -1.01.